The summed E-state index contributed by atoms with van der Waals surface area (Å²) in [5.41, 5.74) is 1.23. The Bertz CT molecular complexity index is 448. The summed E-state index contributed by atoms with van der Waals surface area (Å²) >= 11 is 0. The zero-order chi connectivity index (χ0) is 11.6. The smallest absolute Gasteiger partial charge is 0.161 e. The van der Waals surface area contributed by atoms with Crippen molar-refractivity contribution in [3.05, 3.63) is 23.8 Å². The molecule has 0 spiro atoms. The van der Waals surface area contributed by atoms with Gasteiger partial charge in [-0.2, -0.15) is 0 Å². The van der Waals surface area contributed by atoms with Crippen molar-refractivity contribution in [1.82, 2.24) is 0 Å². The third-order valence-corrected chi connectivity index (χ3v) is 2.89. The Balaban J connectivity index is 2.24. The summed E-state index contributed by atoms with van der Waals surface area (Å²) < 4.78 is 10.4. The molecule has 0 amide bonds. The highest BCUT2D eigenvalue weighted by Crippen LogP contribution is 2.44. The first-order valence-electron chi connectivity index (χ1n) is 5.42. The van der Waals surface area contributed by atoms with Gasteiger partial charge in [-0.25, -0.2) is 0 Å². The molecule has 0 atom stereocenters. The highest BCUT2D eigenvalue weighted by molar-refractivity contribution is 5.48. The Morgan fingerprint density at radius 3 is 2.38 bits per heavy atom. The summed E-state index contributed by atoms with van der Waals surface area (Å²) in [6.45, 7) is 2.20. The number of hydrogen-bond acceptors (Lipinski definition) is 2. The monoisotopic (exact) mass is 216 g/mol. The average molecular weight is 216 g/mol. The quantitative estimate of drug-likeness (QED) is 0.708. The van der Waals surface area contributed by atoms with Crippen molar-refractivity contribution in [2.24, 2.45) is 5.41 Å². The molecule has 0 bridgehead atoms. The fourth-order valence-electron chi connectivity index (χ4n) is 1.45. The third kappa shape index (κ3) is 2.30. The normalized spacial score (nSPS) is 15.9. The lowest BCUT2D eigenvalue weighted by atomic mass is 10.1. The SMILES string of the molecule is COc1ccc(C#CC2(C)CC2)cc1OC. The minimum atomic E-state index is 0.257. The Kier molecular flexibility index (Phi) is 2.78. The van der Waals surface area contributed by atoms with Crippen molar-refractivity contribution >= 4 is 0 Å². The van der Waals surface area contributed by atoms with E-state index < -0.39 is 0 Å². The van der Waals surface area contributed by atoms with Crippen molar-refractivity contribution in [1.29, 1.82) is 0 Å². The van der Waals surface area contributed by atoms with E-state index in [0.717, 1.165) is 17.1 Å². The second kappa shape index (κ2) is 4.09. The predicted octanol–water partition coefficient (Wildman–Crippen LogP) is 2.86. The van der Waals surface area contributed by atoms with E-state index in [-0.39, 0.29) is 5.41 Å². The molecule has 0 unspecified atom stereocenters. The molecule has 16 heavy (non-hydrogen) atoms. The van der Waals surface area contributed by atoms with Gasteiger partial charge in [-0.3, -0.25) is 0 Å². The van der Waals surface area contributed by atoms with Gasteiger partial charge in [0, 0.05) is 11.0 Å². The number of benzene rings is 1. The van der Waals surface area contributed by atoms with Crippen molar-refractivity contribution < 1.29 is 9.47 Å². The lowest BCUT2D eigenvalue weighted by Crippen LogP contribution is -1.91. The zero-order valence-corrected chi connectivity index (χ0v) is 9.96. The Morgan fingerprint density at radius 2 is 1.81 bits per heavy atom. The lowest BCUT2D eigenvalue weighted by Gasteiger charge is -2.06. The first kappa shape index (κ1) is 10.9. The van der Waals surface area contributed by atoms with Gasteiger partial charge in [-0.1, -0.05) is 11.8 Å². The van der Waals surface area contributed by atoms with Crippen LogP contribution in [0.4, 0.5) is 0 Å². The van der Waals surface area contributed by atoms with E-state index in [0.29, 0.717) is 0 Å². The van der Waals surface area contributed by atoms with Gasteiger partial charge in [0.05, 0.1) is 14.2 Å². The van der Waals surface area contributed by atoms with Crippen LogP contribution in [0.5, 0.6) is 11.5 Å². The predicted molar refractivity (Wildman–Crippen MR) is 63.8 cm³/mol. The fourth-order valence-corrected chi connectivity index (χ4v) is 1.45. The molecule has 0 aliphatic heterocycles. The molecular weight excluding hydrogens is 200 g/mol. The molecule has 1 aromatic carbocycles. The van der Waals surface area contributed by atoms with Crippen molar-refractivity contribution in [3.63, 3.8) is 0 Å². The van der Waals surface area contributed by atoms with Crippen LogP contribution in [-0.2, 0) is 0 Å². The van der Waals surface area contributed by atoms with Crippen LogP contribution in [0.3, 0.4) is 0 Å². The molecular formula is C14H16O2. The maximum atomic E-state index is 5.23. The highest BCUT2D eigenvalue weighted by atomic mass is 16.5. The van der Waals surface area contributed by atoms with Gasteiger partial charge < -0.3 is 9.47 Å². The van der Waals surface area contributed by atoms with Gasteiger partial charge in [0.2, 0.25) is 0 Å². The van der Waals surface area contributed by atoms with Crippen molar-refractivity contribution in [2.75, 3.05) is 14.2 Å². The minimum Gasteiger partial charge on any atom is -0.493 e. The standard InChI is InChI=1S/C14H16O2/c1-14(8-9-14)7-6-11-4-5-12(15-2)13(10-11)16-3/h4-5,10H,8-9H2,1-3H3. The minimum absolute atomic E-state index is 0.257. The number of hydrogen-bond donors (Lipinski definition) is 0. The van der Waals surface area contributed by atoms with Gasteiger partial charge in [-0.15, -0.1) is 0 Å². The third-order valence-electron chi connectivity index (χ3n) is 2.89. The summed E-state index contributed by atoms with van der Waals surface area (Å²) in [4.78, 5) is 0. The van der Waals surface area contributed by atoms with Crippen LogP contribution in [0, 0.1) is 17.3 Å². The molecule has 0 heterocycles. The van der Waals surface area contributed by atoms with Crippen LogP contribution < -0.4 is 9.47 Å². The van der Waals surface area contributed by atoms with E-state index in [2.05, 4.69) is 18.8 Å². The first-order valence-corrected chi connectivity index (χ1v) is 5.42. The van der Waals surface area contributed by atoms with Gasteiger partial charge >= 0.3 is 0 Å². The maximum absolute atomic E-state index is 5.23. The molecule has 1 fully saturated rings. The Morgan fingerprint density at radius 1 is 1.12 bits per heavy atom. The lowest BCUT2D eigenvalue weighted by molar-refractivity contribution is 0.355. The van der Waals surface area contributed by atoms with Gasteiger partial charge in [0.15, 0.2) is 11.5 Å². The van der Waals surface area contributed by atoms with Gasteiger partial charge in [0.1, 0.15) is 0 Å². The topological polar surface area (TPSA) is 18.5 Å². The second-order valence-electron chi connectivity index (χ2n) is 4.38. The first-order chi connectivity index (χ1) is 7.67. The molecule has 0 radical (unpaired) electrons. The van der Waals surface area contributed by atoms with Crippen LogP contribution in [0.1, 0.15) is 25.3 Å². The second-order valence-corrected chi connectivity index (χ2v) is 4.38. The van der Waals surface area contributed by atoms with E-state index in [1.165, 1.54) is 12.8 Å². The van der Waals surface area contributed by atoms with Gasteiger partial charge in [0.25, 0.3) is 0 Å². The average Bonchev–Trinajstić information content (AvgIpc) is 3.05. The van der Waals surface area contributed by atoms with Crippen LogP contribution >= 0.6 is 0 Å². The van der Waals surface area contributed by atoms with E-state index in [9.17, 15) is 0 Å². The van der Waals surface area contributed by atoms with Crippen molar-refractivity contribution in [2.45, 2.75) is 19.8 Å². The number of ether oxygens (including phenoxy) is 2. The number of rotatable bonds is 2. The Labute approximate surface area is 96.6 Å². The highest BCUT2D eigenvalue weighted by Gasteiger charge is 2.35. The molecule has 1 aromatic rings. The molecule has 2 heteroatoms. The molecule has 1 aliphatic carbocycles. The van der Waals surface area contributed by atoms with E-state index >= 15 is 0 Å². The Hall–Kier alpha value is -1.62. The van der Waals surface area contributed by atoms with Crippen LogP contribution in [0.15, 0.2) is 18.2 Å². The molecule has 2 nitrogen and oxygen atoms in total. The molecule has 0 aromatic heterocycles. The van der Waals surface area contributed by atoms with E-state index in [1.54, 1.807) is 14.2 Å². The largest absolute Gasteiger partial charge is 0.493 e. The summed E-state index contributed by atoms with van der Waals surface area (Å²) in [5, 5.41) is 0. The van der Waals surface area contributed by atoms with Crippen molar-refractivity contribution in [3.8, 4) is 23.3 Å². The molecule has 0 saturated heterocycles. The van der Waals surface area contributed by atoms with Crippen LogP contribution in [-0.4, -0.2) is 14.2 Å². The number of methoxy groups -OCH3 is 2. The summed E-state index contributed by atoms with van der Waals surface area (Å²) in [6, 6.07) is 5.76. The summed E-state index contributed by atoms with van der Waals surface area (Å²) in [5.74, 6) is 7.95. The molecule has 2 rings (SSSR count). The molecule has 0 N–H and O–H groups in total. The van der Waals surface area contributed by atoms with Crippen LogP contribution in [0.2, 0.25) is 0 Å². The van der Waals surface area contributed by atoms with E-state index in [1.807, 2.05) is 18.2 Å². The summed E-state index contributed by atoms with van der Waals surface area (Å²) in [6.07, 6.45) is 2.43. The maximum Gasteiger partial charge on any atom is 0.161 e. The molecule has 1 aliphatic rings. The fraction of sp³-hybridized carbons (Fsp3) is 0.429. The van der Waals surface area contributed by atoms with Crippen LogP contribution in [0.25, 0.3) is 0 Å². The molecule has 84 valence electrons. The van der Waals surface area contributed by atoms with Gasteiger partial charge in [-0.05, 0) is 38.0 Å². The zero-order valence-electron chi connectivity index (χ0n) is 9.96. The summed E-state index contributed by atoms with van der Waals surface area (Å²) in [7, 11) is 3.27. The van der Waals surface area contributed by atoms with E-state index in [4.69, 9.17) is 9.47 Å². The molecule has 1 saturated carbocycles.